The Balaban J connectivity index is 1.53. The Labute approximate surface area is 161 Å². The Hall–Kier alpha value is -2.68. The maximum absolute atomic E-state index is 11.7. The van der Waals surface area contributed by atoms with Crippen LogP contribution < -0.4 is 14.8 Å². The third kappa shape index (κ3) is 8.04. The molecule has 0 unspecified atom stereocenters. The van der Waals surface area contributed by atoms with Crippen molar-refractivity contribution in [3.63, 3.8) is 0 Å². The van der Waals surface area contributed by atoms with Gasteiger partial charge in [-0.2, -0.15) is 0 Å². The van der Waals surface area contributed by atoms with Crippen LogP contribution in [0.15, 0.2) is 34.9 Å². The molecular formula is C18H22N2O6S. The molecule has 1 aromatic carbocycles. The summed E-state index contributed by atoms with van der Waals surface area (Å²) >= 11 is 1.16. The topological polar surface area (TPSA) is 99.9 Å². The summed E-state index contributed by atoms with van der Waals surface area (Å²) in [5.41, 5.74) is 0. The van der Waals surface area contributed by atoms with E-state index in [1.807, 2.05) is 19.1 Å². The standard InChI is InChI=1S/C18H22N2O6S/c1-3-23-14-4-6-15(7-5-14)24-8-9-25-18(22)12-27-11-17(21)19-16-10-13(2)26-20-16/h4-7,10H,3,8-9,11-12H2,1-2H3,(H,19,20,21). The summed E-state index contributed by atoms with van der Waals surface area (Å²) in [7, 11) is 0. The van der Waals surface area contributed by atoms with Crippen LogP contribution in [0.25, 0.3) is 0 Å². The zero-order chi connectivity index (χ0) is 19.5. The van der Waals surface area contributed by atoms with E-state index < -0.39 is 5.97 Å². The number of nitrogens with one attached hydrogen (secondary N) is 1. The third-order valence-electron chi connectivity index (χ3n) is 3.10. The lowest BCUT2D eigenvalue weighted by Gasteiger charge is -2.08. The Morgan fingerprint density at radius 3 is 2.44 bits per heavy atom. The maximum atomic E-state index is 11.7. The van der Waals surface area contributed by atoms with Crippen LogP contribution in [-0.4, -0.2) is 48.4 Å². The van der Waals surface area contributed by atoms with E-state index in [2.05, 4.69) is 10.5 Å². The lowest BCUT2D eigenvalue weighted by molar-refractivity contribution is -0.141. The van der Waals surface area contributed by atoms with E-state index in [0.717, 1.165) is 17.5 Å². The Bertz CT molecular complexity index is 732. The second kappa shape index (κ2) is 11.1. The van der Waals surface area contributed by atoms with Gasteiger partial charge in [0.2, 0.25) is 5.91 Å². The Kier molecular flexibility index (Phi) is 8.50. The number of thioether (sulfide) groups is 1. The number of benzene rings is 1. The summed E-state index contributed by atoms with van der Waals surface area (Å²) in [5, 5.41) is 6.23. The molecule has 0 aliphatic heterocycles. The average Bonchev–Trinajstić information content (AvgIpc) is 3.05. The number of aryl methyl sites for hydroxylation is 1. The van der Waals surface area contributed by atoms with Crippen LogP contribution in [0.3, 0.4) is 0 Å². The van der Waals surface area contributed by atoms with Crippen molar-refractivity contribution in [2.75, 3.05) is 36.6 Å². The number of hydrogen-bond acceptors (Lipinski definition) is 8. The number of carbonyl (C=O) groups excluding carboxylic acids is 2. The first-order valence-corrected chi connectivity index (χ1v) is 9.54. The highest BCUT2D eigenvalue weighted by atomic mass is 32.2. The van der Waals surface area contributed by atoms with Crippen molar-refractivity contribution in [2.45, 2.75) is 13.8 Å². The maximum Gasteiger partial charge on any atom is 0.316 e. The van der Waals surface area contributed by atoms with Gasteiger partial charge in [-0.15, -0.1) is 11.8 Å². The van der Waals surface area contributed by atoms with Gasteiger partial charge in [-0.3, -0.25) is 9.59 Å². The van der Waals surface area contributed by atoms with Crippen molar-refractivity contribution in [2.24, 2.45) is 0 Å². The summed E-state index contributed by atoms with van der Waals surface area (Å²) in [4.78, 5) is 23.3. The lowest BCUT2D eigenvalue weighted by Crippen LogP contribution is -2.17. The number of esters is 1. The molecule has 0 aliphatic rings. The van der Waals surface area contributed by atoms with E-state index in [4.69, 9.17) is 18.7 Å². The fourth-order valence-electron chi connectivity index (χ4n) is 1.99. The quantitative estimate of drug-likeness (QED) is 0.459. The molecule has 0 atom stereocenters. The predicted octanol–water partition coefficient (Wildman–Crippen LogP) is 2.68. The highest BCUT2D eigenvalue weighted by Crippen LogP contribution is 2.17. The first-order valence-electron chi connectivity index (χ1n) is 8.39. The number of anilines is 1. The third-order valence-corrected chi connectivity index (χ3v) is 4.00. The average molecular weight is 394 g/mol. The molecule has 2 aromatic rings. The van der Waals surface area contributed by atoms with Crippen LogP contribution >= 0.6 is 11.8 Å². The molecule has 146 valence electrons. The zero-order valence-electron chi connectivity index (χ0n) is 15.2. The summed E-state index contributed by atoms with van der Waals surface area (Å²) in [6.07, 6.45) is 0. The van der Waals surface area contributed by atoms with Crippen molar-refractivity contribution in [1.82, 2.24) is 5.16 Å². The van der Waals surface area contributed by atoms with Crippen molar-refractivity contribution in [3.05, 3.63) is 36.1 Å². The summed E-state index contributed by atoms with van der Waals surface area (Å²) in [5.74, 6) is 1.93. The molecular weight excluding hydrogens is 372 g/mol. The molecule has 1 N–H and O–H groups in total. The van der Waals surface area contributed by atoms with E-state index in [-0.39, 0.29) is 30.6 Å². The van der Waals surface area contributed by atoms with Crippen molar-refractivity contribution in [3.8, 4) is 11.5 Å². The number of aromatic nitrogens is 1. The van der Waals surface area contributed by atoms with Gasteiger partial charge in [0.15, 0.2) is 5.82 Å². The second-order valence-corrected chi connectivity index (χ2v) is 6.32. The van der Waals surface area contributed by atoms with Gasteiger partial charge in [-0.1, -0.05) is 5.16 Å². The van der Waals surface area contributed by atoms with Gasteiger partial charge in [0.05, 0.1) is 18.1 Å². The SMILES string of the molecule is CCOc1ccc(OCCOC(=O)CSCC(=O)Nc2cc(C)on2)cc1. The normalized spacial score (nSPS) is 10.3. The second-order valence-electron chi connectivity index (χ2n) is 5.34. The van der Waals surface area contributed by atoms with Crippen LogP contribution in [0.4, 0.5) is 5.82 Å². The number of hydrogen-bond donors (Lipinski definition) is 1. The minimum atomic E-state index is -0.402. The molecule has 0 saturated carbocycles. The fraction of sp³-hybridized carbons (Fsp3) is 0.389. The lowest BCUT2D eigenvalue weighted by atomic mass is 10.3. The Morgan fingerprint density at radius 1 is 1.11 bits per heavy atom. The molecule has 8 nitrogen and oxygen atoms in total. The van der Waals surface area contributed by atoms with Crippen LogP contribution in [0, 0.1) is 6.92 Å². The highest BCUT2D eigenvalue weighted by Gasteiger charge is 2.09. The van der Waals surface area contributed by atoms with E-state index in [1.165, 1.54) is 0 Å². The minimum Gasteiger partial charge on any atom is -0.494 e. The molecule has 0 fully saturated rings. The van der Waals surface area contributed by atoms with Crippen LogP contribution in [0.2, 0.25) is 0 Å². The first kappa shape index (κ1) is 20.6. The van der Waals surface area contributed by atoms with E-state index in [0.29, 0.717) is 23.9 Å². The number of rotatable bonds is 11. The van der Waals surface area contributed by atoms with Crippen molar-refractivity contribution >= 4 is 29.5 Å². The summed E-state index contributed by atoms with van der Waals surface area (Å²) in [6, 6.07) is 8.82. The number of amides is 1. The molecule has 0 saturated heterocycles. The molecule has 1 amide bonds. The number of carbonyl (C=O) groups is 2. The van der Waals surface area contributed by atoms with E-state index in [1.54, 1.807) is 25.1 Å². The zero-order valence-corrected chi connectivity index (χ0v) is 16.0. The van der Waals surface area contributed by atoms with Crippen molar-refractivity contribution in [1.29, 1.82) is 0 Å². The summed E-state index contributed by atoms with van der Waals surface area (Å²) < 4.78 is 20.7. The van der Waals surface area contributed by atoms with Crippen LogP contribution in [0.5, 0.6) is 11.5 Å². The van der Waals surface area contributed by atoms with Gasteiger partial charge in [0, 0.05) is 6.07 Å². The van der Waals surface area contributed by atoms with Gasteiger partial charge in [-0.25, -0.2) is 0 Å². The molecule has 27 heavy (non-hydrogen) atoms. The summed E-state index contributed by atoms with van der Waals surface area (Å²) in [6.45, 7) is 4.64. The van der Waals surface area contributed by atoms with E-state index in [9.17, 15) is 9.59 Å². The minimum absolute atomic E-state index is 0.0777. The fourth-order valence-corrected chi connectivity index (χ4v) is 2.60. The van der Waals surface area contributed by atoms with Gasteiger partial charge in [0.25, 0.3) is 0 Å². The molecule has 0 bridgehead atoms. The molecule has 9 heteroatoms. The largest absolute Gasteiger partial charge is 0.494 e. The molecule has 0 radical (unpaired) electrons. The molecule has 0 spiro atoms. The van der Waals surface area contributed by atoms with Gasteiger partial charge in [0.1, 0.15) is 30.5 Å². The molecule has 1 aromatic heterocycles. The molecule has 2 rings (SSSR count). The smallest absolute Gasteiger partial charge is 0.316 e. The highest BCUT2D eigenvalue weighted by molar-refractivity contribution is 8.00. The van der Waals surface area contributed by atoms with Gasteiger partial charge in [-0.05, 0) is 38.1 Å². The number of nitrogens with zero attached hydrogens (tertiary/aromatic N) is 1. The van der Waals surface area contributed by atoms with Crippen LogP contribution in [-0.2, 0) is 14.3 Å². The predicted molar refractivity (Wildman–Crippen MR) is 101 cm³/mol. The van der Waals surface area contributed by atoms with E-state index >= 15 is 0 Å². The first-order chi connectivity index (χ1) is 13.1. The molecule has 1 heterocycles. The van der Waals surface area contributed by atoms with Crippen molar-refractivity contribution < 1.29 is 28.3 Å². The van der Waals surface area contributed by atoms with Crippen LogP contribution in [0.1, 0.15) is 12.7 Å². The number of ether oxygens (including phenoxy) is 3. The van der Waals surface area contributed by atoms with Gasteiger partial charge >= 0.3 is 5.97 Å². The molecule has 0 aliphatic carbocycles. The Morgan fingerprint density at radius 2 is 1.81 bits per heavy atom. The monoisotopic (exact) mass is 394 g/mol. The van der Waals surface area contributed by atoms with Gasteiger partial charge < -0.3 is 24.1 Å².